The Labute approximate surface area is 85.7 Å². The van der Waals surface area contributed by atoms with Crippen molar-refractivity contribution in [2.45, 2.75) is 26.6 Å². The molecular weight excluding hydrogens is 175 g/mol. The van der Waals surface area contributed by atoms with E-state index in [1.807, 2.05) is 19.1 Å². The predicted octanol–water partition coefficient (Wildman–Crippen LogP) is 1.65. The normalized spacial score (nSPS) is 12.6. The van der Waals surface area contributed by atoms with Crippen LogP contribution in [0.2, 0.25) is 6.32 Å². The summed E-state index contributed by atoms with van der Waals surface area (Å²) < 4.78 is 0. The Bertz CT molecular complexity index is 286. The van der Waals surface area contributed by atoms with Gasteiger partial charge in [0.25, 0.3) is 0 Å². The van der Waals surface area contributed by atoms with Gasteiger partial charge in [0.2, 0.25) is 0 Å². The summed E-state index contributed by atoms with van der Waals surface area (Å²) in [4.78, 5) is 0. The van der Waals surface area contributed by atoms with Crippen molar-refractivity contribution in [2.24, 2.45) is 5.92 Å². The van der Waals surface area contributed by atoms with E-state index >= 15 is 0 Å². The smallest absolute Gasteiger partial charge is 0.427 e. The molecule has 3 heteroatoms. The van der Waals surface area contributed by atoms with Gasteiger partial charge in [0.1, 0.15) is 0 Å². The van der Waals surface area contributed by atoms with Crippen LogP contribution < -0.4 is 0 Å². The molecule has 1 aromatic carbocycles. The second-order valence-electron chi connectivity index (χ2n) is 3.95. The van der Waals surface area contributed by atoms with E-state index in [1.54, 1.807) is 0 Å². The first-order chi connectivity index (χ1) is 6.59. The molecule has 1 atom stereocenters. The van der Waals surface area contributed by atoms with Gasteiger partial charge in [0.15, 0.2) is 0 Å². The van der Waals surface area contributed by atoms with Crippen LogP contribution >= 0.6 is 0 Å². The van der Waals surface area contributed by atoms with Crippen LogP contribution in [0.3, 0.4) is 0 Å². The standard InChI is InChI=1S/C11H17BO2/c1-9(8-12(13)14)7-11-6-4-3-5-10(11)2/h3-6,9,13-14H,7-8H2,1-2H3. The third-order valence-electron chi connectivity index (χ3n) is 2.44. The SMILES string of the molecule is Cc1ccccc1CC(C)CB(O)O. The zero-order chi connectivity index (χ0) is 10.6. The van der Waals surface area contributed by atoms with Crippen molar-refractivity contribution in [1.82, 2.24) is 0 Å². The van der Waals surface area contributed by atoms with Gasteiger partial charge in [-0.1, -0.05) is 31.2 Å². The fraction of sp³-hybridized carbons (Fsp3) is 0.455. The first-order valence-electron chi connectivity index (χ1n) is 5.00. The maximum atomic E-state index is 8.83. The van der Waals surface area contributed by atoms with E-state index in [2.05, 4.69) is 19.1 Å². The van der Waals surface area contributed by atoms with Crippen LogP contribution in [-0.4, -0.2) is 17.2 Å². The Morgan fingerprint density at radius 1 is 1.29 bits per heavy atom. The Hall–Kier alpha value is -0.795. The topological polar surface area (TPSA) is 40.5 Å². The van der Waals surface area contributed by atoms with Crippen molar-refractivity contribution >= 4 is 7.12 Å². The minimum Gasteiger partial charge on any atom is -0.427 e. The highest BCUT2D eigenvalue weighted by molar-refractivity contribution is 6.41. The van der Waals surface area contributed by atoms with E-state index in [0.29, 0.717) is 12.2 Å². The number of hydrogen-bond acceptors (Lipinski definition) is 2. The predicted molar refractivity (Wildman–Crippen MR) is 59.0 cm³/mol. The fourth-order valence-corrected chi connectivity index (χ4v) is 1.66. The molecule has 1 unspecified atom stereocenters. The molecule has 0 fully saturated rings. The molecule has 0 heterocycles. The highest BCUT2D eigenvalue weighted by Crippen LogP contribution is 2.16. The lowest BCUT2D eigenvalue weighted by Gasteiger charge is -2.12. The molecule has 1 aromatic rings. The van der Waals surface area contributed by atoms with E-state index < -0.39 is 7.12 Å². The van der Waals surface area contributed by atoms with Crippen molar-refractivity contribution in [3.8, 4) is 0 Å². The van der Waals surface area contributed by atoms with Crippen molar-refractivity contribution in [2.75, 3.05) is 0 Å². The maximum absolute atomic E-state index is 8.83. The number of benzene rings is 1. The molecule has 0 amide bonds. The van der Waals surface area contributed by atoms with Crippen LogP contribution in [0.15, 0.2) is 24.3 Å². The summed E-state index contributed by atoms with van der Waals surface area (Å²) in [6.07, 6.45) is 1.35. The minimum atomic E-state index is -1.19. The lowest BCUT2D eigenvalue weighted by molar-refractivity contribution is 0.390. The van der Waals surface area contributed by atoms with Gasteiger partial charge in [-0.3, -0.25) is 0 Å². The molecule has 0 aromatic heterocycles. The summed E-state index contributed by atoms with van der Waals surface area (Å²) in [5.74, 6) is 0.302. The third kappa shape index (κ3) is 3.52. The molecule has 0 spiro atoms. The lowest BCUT2D eigenvalue weighted by Crippen LogP contribution is -2.16. The minimum absolute atomic E-state index is 0.302. The zero-order valence-corrected chi connectivity index (χ0v) is 8.77. The van der Waals surface area contributed by atoms with Crippen LogP contribution in [0, 0.1) is 12.8 Å². The highest BCUT2D eigenvalue weighted by Gasteiger charge is 2.13. The molecule has 0 bridgehead atoms. The summed E-state index contributed by atoms with van der Waals surface area (Å²) in [6, 6.07) is 8.21. The van der Waals surface area contributed by atoms with Crippen LogP contribution in [-0.2, 0) is 6.42 Å². The van der Waals surface area contributed by atoms with Gasteiger partial charge in [-0.25, -0.2) is 0 Å². The third-order valence-corrected chi connectivity index (χ3v) is 2.44. The first kappa shape index (κ1) is 11.3. The molecule has 76 valence electrons. The second-order valence-corrected chi connectivity index (χ2v) is 3.95. The molecule has 14 heavy (non-hydrogen) atoms. The summed E-state index contributed by atoms with van der Waals surface area (Å²) in [5.41, 5.74) is 2.56. The van der Waals surface area contributed by atoms with Crippen molar-refractivity contribution < 1.29 is 10.0 Å². The van der Waals surface area contributed by atoms with Gasteiger partial charge >= 0.3 is 7.12 Å². The van der Waals surface area contributed by atoms with Gasteiger partial charge in [-0.2, -0.15) is 0 Å². The Morgan fingerprint density at radius 2 is 1.93 bits per heavy atom. The Balaban J connectivity index is 2.56. The molecular formula is C11H17BO2. The molecule has 0 radical (unpaired) electrons. The van der Waals surface area contributed by atoms with Crippen LogP contribution in [0.25, 0.3) is 0 Å². The average Bonchev–Trinajstić information content (AvgIpc) is 2.07. The quantitative estimate of drug-likeness (QED) is 0.712. The summed E-state index contributed by atoms with van der Waals surface area (Å²) in [7, 11) is -1.19. The molecule has 0 aliphatic carbocycles. The van der Waals surface area contributed by atoms with Crippen molar-refractivity contribution in [3.63, 3.8) is 0 Å². The van der Waals surface area contributed by atoms with Crippen LogP contribution in [0.4, 0.5) is 0 Å². The van der Waals surface area contributed by atoms with E-state index in [-0.39, 0.29) is 0 Å². The second kappa shape index (κ2) is 5.18. The Morgan fingerprint density at radius 3 is 2.50 bits per heavy atom. The molecule has 0 saturated heterocycles. The average molecular weight is 192 g/mol. The lowest BCUT2D eigenvalue weighted by atomic mass is 9.77. The Kier molecular flexibility index (Phi) is 4.17. The van der Waals surface area contributed by atoms with Gasteiger partial charge in [-0.05, 0) is 36.7 Å². The van der Waals surface area contributed by atoms with Gasteiger partial charge < -0.3 is 10.0 Å². The molecule has 0 saturated carbocycles. The van der Waals surface area contributed by atoms with Gasteiger partial charge in [-0.15, -0.1) is 0 Å². The number of hydrogen-bond donors (Lipinski definition) is 2. The summed E-state index contributed by atoms with van der Waals surface area (Å²) >= 11 is 0. The van der Waals surface area contributed by atoms with Crippen molar-refractivity contribution in [1.29, 1.82) is 0 Å². The molecule has 0 aliphatic rings. The zero-order valence-electron chi connectivity index (χ0n) is 8.77. The van der Waals surface area contributed by atoms with E-state index in [9.17, 15) is 0 Å². The fourth-order valence-electron chi connectivity index (χ4n) is 1.66. The largest absolute Gasteiger partial charge is 0.451 e. The van der Waals surface area contributed by atoms with E-state index in [1.165, 1.54) is 11.1 Å². The number of rotatable bonds is 4. The van der Waals surface area contributed by atoms with Crippen LogP contribution in [0.5, 0.6) is 0 Å². The molecule has 0 aliphatic heterocycles. The maximum Gasteiger partial charge on any atom is 0.451 e. The molecule has 1 rings (SSSR count). The van der Waals surface area contributed by atoms with Gasteiger partial charge in [0.05, 0.1) is 0 Å². The number of aryl methyl sites for hydroxylation is 1. The first-order valence-corrected chi connectivity index (χ1v) is 5.00. The van der Waals surface area contributed by atoms with E-state index in [0.717, 1.165) is 6.42 Å². The monoisotopic (exact) mass is 192 g/mol. The van der Waals surface area contributed by atoms with E-state index in [4.69, 9.17) is 10.0 Å². The summed E-state index contributed by atoms with van der Waals surface area (Å²) in [5, 5.41) is 17.7. The van der Waals surface area contributed by atoms with Crippen LogP contribution in [0.1, 0.15) is 18.1 Å². The summed E-state index contributed by atoms with van der Waals surface area (Å²) in [6.45, 7) is 4.11. The molecule has 2 nitrogen and oxygen atoms in total. The highest BCUT2D eigenvalue weighted by atomic mass is 16.4. The molecule has 2 N–H and O–H groups in total. The van der Waals surface area contributed by atoms with Crippen molar-refractivity contribution in [3.05, 3.63) is 35.4 Å². The van der Waals surface area contributed by atoms with Gasteiger partial charge in [0, 0.05) is 0 Å².